The van der Waals surface area contributed by atoms with E-state index in [0.717, 1.165) is 35.8 Å². The van der Waals surface area contributed by atoms with Crippen molar-refractivity contribution in [2.45, 2.75) is 25.8 Å². The van der Waals surface area contributed by atoms with Crippen LogP contribution in [0.4, 0.5) is 0 Å². The molecule has 1 aliphatic rings. The van der Waals surface area contributed by atoms with Gasteiger partial charge in [0, 0.05) is 28.5 Å². The average molecular weight is 317 g/mol. The van der Waals surface area contributed by atoms with Gasteiger partial charge in [0.1, 0.15) is 0 Å². The normalized spacial score (nSPS) is 14.8. The number of hydrogen-bond acceptors (Lipinski definition) is 1. The third-order valence-electron chi connectivity index (χ3n) is 2.98. The maximum atomic E-state index is 12.3. The van der Waals surface area contributed by atoms with E-state index in [4.69, 9.17) is 11.6 Å². The summed E-state index contributed by atoms with van der Waals surface area (Å²) in [6.45, 7) is 2.69. The first-order valence-electron chi connectivity index (χ1n) is 5.76. The first kappa shape index (κ1) is 12.9. The monoisotopic (exact) mass is 315 g/mol. The topological polar surface area (TPSA) is 20.3 Å². The predicted molar refractivity (Wildman–Crippen MR) is 74.0 cm³/mol. The molecule has 1 fully saturated rings. The molecule has 2 rings (SSSR count). The van der Waals surface area contributed by atoms with Gasteiger partial charge in [-0.05, 0) is 43.5 Å². The van der Waals surface area contributed by atoms with Gasteiger partial charge in [0.15, 0.2) is 0 Å². The lowest BCUT2D eigenvalue weighted by Gasteiger charge is -2.21. The zero-order valence-electron chi connectivity index (χ0n) is 9.75. The Bertz CT molecular complexity index is 431. The summed E-state index contributed by atoms with van der Waals surface area (Å²) in [5.74, 6) is 0.117. The number of nitrogens with zero attached hydrogens (tertiary/aromatic N) is 1. The third-order valence-corrected chi connectivity index (χ3v) is 3.76. The Morgan fingerprint density at radius 1 is 1.53 bits per heavy atom. The van der Waals surface area contributed by atoms with Gasteiger partial charge in [-0.25, -0.2) is 0 Å². The zero-order chi connectivity index (χ0) is 12.4. The molecule has 0 heterocycles. The van der Waals surface area contributed by atoms with Crippen LogP contribution in [-0.4, -0.2) is 28.7 Å². The molecule has 0 radical (unpaired) electrons. The number of amides is 1. The van der Waals surface area contributed by atoms with Crippen LogP contribution in [0.3, 0.4) is 0 Å². The third kappa shape index (κ3) is 3.02. The van der Waals surface area contributed by atoms with Gasteiger partial charge in [-0.15, -0.1) is 0 Å². The van der Waals surface area contributed by atoms with E-state index in [1.54, 1.807) is 12.1 Å². The number of aryl methyl sites for hydroxylation is 1. The summed E-state index contributed by atoms with van der Waals surface area (Å²) >= 11 is 9.37. The maximum Gasteiger partial charge on any atom is 0.254 e. The van der Waals surface area contributed by atoms with Gasteiger partial charge in [-0.1, -0.05) is 27.5 Å². The van der Waals surface area contributed by atoms with Gasteiger partial charge in [-0.2, -0.15) is 0 Å². The molecule has 1 saturated carbocycles. The smallest absolute Gasteiger partial charge is 0.254 e. The quantitative estimate of drug-likeness (QED) is 0.777. The fourth-order valence-electron chi connectivity index (χ4n) is 1.87. The minimum absolute atomic E-state index is 0.117. The molecule has 17 heavy (non-hydrogen) atoms. The second kappa shape index (κ2) is 5.40. The van der Waals surface area contributed by atoms with Crippen molar-refractivity contribution >= 4 is 33.4 Å². The molecule has 1 aliphatic carbocycles. The van der Waals surface area contributed by atoms with E-state index in [1.807, 2.05) is 17.9 Å². The summed E-state index contributed by atoms with van der Waals surface area (Å²) in [6.07, 6.45) is 2.26. The van der Waals surface area contributed by atoms with Gasteiger partial charge in [0.25, 0.3) is 5.91 Å². The first-order chi connectivity index (χ1) is 8.13. The van der Waals surface area contributed by atoms with E-state index in [9.17, 15) is 4.79 Å². The Kier molecular flexibility index (Phi) is 4.10. The summed E-state index contributed by atoms with van der Waals surface area (Å²) in [5, 5.41) is 1.53. The molecule has 92 valence electrons. The molecule has 1 amide bonds. The Morgan fingerprint density at radius 3 is 2.76 bits per heavy atom. The first-order valence-corrected chi connectivity index (χ1v) is 7.26. The summed E-state index contributed by atoms with van der Waals surface area (Å²) in [4.78, 5) is 14.3. The molecule has 1 aromatic carbocycles. The van der Waals surface area contributed by atoms with Crippen LogP contribution in [0.25, 0.3) is 0 Å². The Balaban J connectivity index is 2.19. The van der Waals surface area contributed by atoms with Crippen LogP contribution in [0.5, 0.6) is 0 Å². The summed E-state index contributed by atoms with van der Waals surface area (Å²) in [6, 6.07) is 5.91. The zero-order valence-corrected chi connectivity index (χ0v) is 12.1. The van der Waals surface area contributed by atoms with Crippen molar-refractivity contribution in [3.05, 3.63) is 34.3 Å². The molecule has 0 bridgehead atoms. The average Bonchev–Trinajstić information content (AvgIpc) is 3.13. The minimum Gasteiger partial charge on any atom is -0.335 e. The van der Waals surface area contributed by atoms with Crippen molar-refractivity contribution in [1.82, 2.24) is 4.90 Å². The molecule has 2 nitrogen and oxygen atoms in total. The molecular weight excluding hydrogens is 302 g/mol. The van der Waals surface area contributed by atoms with Gasteiger partial charge in [0.05, 0.1) is 0 Å². The molecule has 0 N–H and O–H groups in total. The molecule has 0 atom stereocenters. The van der Waals surface area contributed by atoms with Crippen molar-refractivity contribution in [2.24, 2.45) is 0 Å². The van der Waals surface area contributed by atoms with Crippen molar-refractivity contribution in [1.29, 1.82) is 0 Å². The van der Waals surface area contributed by atoms with Crippen LogP contribution < -0.4 is 0 Å². The van der Waals surface area contributed by atoms with E-state index >= 15 is 0 Å². The standard InChI is InChI=1S/C13H15BrClNO/c1-9-8-10(2-5-12(9)15)13(17)16(7-6-14)11-3-4-11/h2,5,8,11H,3-4,6-7H2,1H3. The van der Waals surface area contributed by atoms with Crippen LogP contribution >= 0.6 is 27.5 Å². The number of hydrogen-bond donors (Lipinski definition) is 0. The Labute approximate surface area is 115 Å². The van der Waals surface area contributed by atoms with E-state index in [1.165, 1.54) is 0 Å². The van der Waals surface area contributed by atoms with Gasteiger partial charge in [-0.3, -0.25) is 4.79 Å². The number of carbonyl (C=O) groups excluding carboxylic acids is 1. The summed E-state index contributed by atoms with van der Waals surface area (Å²) < 4.78 is 0. The predicted octanol–water partition coefficient (Wildman–Crippen LogP) is 3.65. The second-order valence-corrected chi connectivity index (χ2v) is 5.58. The highest BCUT2D eigenvalue weighted by molar-refractivity contribution is 9.09. The van der Waals surface area contributed by atoms with E-state index in [2.05, 4.69) is 15.9 Å². The summed E-state index contributed by atoms with van der Waals surface area (Å²) in [7, 11) is 0. The van der Waals surface area contributed by atoms with E-state index in [-0.39, 0.29) is 5.91 Å². The van der Waals surface area contributed by atoms with Crippen LogP contribution in [0.1, 0.15) is 28.8 Å². The van der Waals surface area contributed by atoms with Gasteiger partial charge >= 0.3 is 0 Å². The molecular formula is C13H15BrClNO. The lowest BCUT2D eigenvalue weighted by molar-refractivity contribution is 0.0754. The molecule has 1 aromatic rings. The van der Waals surface area contributed by atoms with Crippen LogP contribution in [0.15, 0.2) is 18.2 Å². The molecule has 0 unspecified atom stereocenters. The fraction of sp³-hybridized carbons (Fsp3) is 0.462. The number of alkyl halides is 1. The number of benzene rings is 1. The highest BCUT2D eigenvalue weighted by atomic mass is 79.9. The summed E-state index contributed by atoms with van der Waals surface area (Å²) in [5.41, 5.74) is 1.69. The molecule has 0 spiro atoms. The number of carbonyl (C=O) groups is 1. The number of halogens is 2. The van der Waals surface area contributed by atoms with Crippen LogP contribution in [0.2, 0.25) is 5.02 Å². The molecule has 0 saturated heterocycles. The molecule has 0 aliphatic heterocycles. The minimum atomic E-state index is 0.117. The van der Waals surface area contributed by atoms with E-state index < -0.39 is 0 Å². The lowest BCUT2D eigenvalue weighted by atomic mass is 10.1. The second-order valence-electron chi connectivity index (χ2n) is 4.38. The van der Waals surface area contributed by atoms with E-state index in [0.29, 0.717) is 11.1 Å². The van der Waals surface area contributed by atoms with Crippen LogP contribution in [-0.2, 0) is 0 Å². The highest BCUT2D eigenvalue weighted by Gasteiger charge is 2.32. The van der Waals surface area contributed by atoms with Crippen LogP contribution in [0, 0.1) is 6.92 Å². The maximum absolute atomic E-state index is 12.3. The molecule has 0 aromatic heterocycles. The van der Waals surface area contributed by atoms with Crippen molar-refractivity contribution in [2.75, 3.05) is 11.9 Å². The van der Waals surface area contributed by atoms with Crippen molar-refractivity contribution < 1.29 is 4.79 Å². The largest absolute Gasteiger partial charge is 0.335 e. The van der Waals surface area contributed by atoms with Crippen molar-refractivity contribution in [3.63, 3.8) is 0 Å². The van der Waals surface area contributed by atoms with Gasteiger partial charge in [0.2, 0.25) is 0 Å². The Hall–Kier alpha value is -0.540. The molecule has 4 heteroatoms. The Morgan fingerprint density at radius 2 is 2.24 bits per heavy atom. The number of rotatable bonds is 4. The fourth-order valence-corrected chi connectivity index (χ4v) is 2.37. The van der Waals surface area contributed by atoms with Gasteiger partial charge < -0.3 is 4.90 Å². The van der Waals surface area contributed by atoms with Crippen molar-refractivity contribution in [3.8, 4) is 0 Å². The SMILES string of the molecule is Cc1cc(C(=O)N(CCBr)C2CC2)ccc1Cl. The highest BCUT2D eigenvalue weighted by Crippen LogP contribution is 2.28. The lowest BCUT2D eigenvalue weighted by Crippen LogP contribution is -2.34.